The van der Waals surface area contributed by atoms with Crippen molar-refractivity contribution in [3.63, 3.8) is 0 Å². The lowest BCUT2D eigenvalue weighted by Gasteiger charge is -2.09. The van der Waals surface area contributed by atoms with E-state index in [-0.39, 0.29) is 23.0 Å². The molecule has 0 aliphatic carbocycles. The average Bonchev–Trinajstić information content (AvgIpc) is 3.05. The van der Waals surface area contributed by atoms with Gasteiger partial charge in [-0.3, -0.25) is 10.7 Å². The first-order chi connectivity index (χ1) is 11.6. The standard InChI is InChI=1S/C15H10F3N3O3/c16-9-2-1-3-11(23-13-5-4-8(20-22)7-19-13)14(9)12-6-10(15(17)18)21-24-12/h1-7,15,20,22H. The Bertz CT molecular complexity index is 837. The van der Waals surface area contributed by atoms with Gasteiger partial charge in [-0.15, -0.1) is 0 Å². The molecule has 3 aromatic rings. The predicted octanol–water partition coefficient (Wildman–Crippen LogP) is 4.41. The summed E-state index contributed by atoms with van der Waals surface area (Å²) in [7, 11) is 0. The lowest BCUT2D eigenvalue weighted by molar-refractivity contribution is 0.140. The molecule has 0 amide bonds. The molecule has 0 saturated carbocycles. The van der Waals surface area contributed by atoms with Gasteiger partial charge in [0.15, 0.2) is 5.76 Å². The summed E-state index contributed by atoms with van der Waals surface area (Å²) in [6.07, 6.45) is -1.55. The second-order valence-electron chi connectivity index (χ2n) is 4.63. The van der Waals surface area contributed by atoms with Gasteiger partial charge in [0.25, 0.3) is 6.43 Å². The van der Waals surface area contributed by atoms with Crippen LogP contribution in [0.15, 0.2) is 47.1 Å². The van der Waals surface area contributed by atoms with Gasteiger partial charge < -0.3 is 9.26 Å². The number of halogens is 3. The Morgan fingerprint density at radius 1 is 1.21 bits per heavy atom. The molecule has 0 unspecified atom stereocenters. The molecular weight excluding hydrogens is 327 g/mol. The lowest BCUT2D eigenvalue weighted by atomic mass is 10.1. The van der Waals surface area contributed by atoms with E-state index >= 15 is 0 Å². The maximum atomic E-state index is 14.1. The van der Waals surface area contributed by atoms with Crippen molar-refractivity contribution in [2.75, 3.05) is 5.48 Å². The van der Waals surface area contributed by atoms with E-state index in [2.05, 4.69) is 10.1 Å². The number of aromatic nitrogens is 2. The van der Waals surface area contributed by atoms with E-state index < -0.39 is 17.9 Å². The molecule has 0 atom stereocenters. The topological polar surface area (TPSA) is 80.4 Å². The lowest BCUT2D eigenvalue weighted by Crippen LogP contribution is -1.94. The number of anilines is 1. The van der Waals surface area contributed by atoms with Gasteiger partial charge in [-0.25, -0.2) is 18.2 Å². The molecule has 3 rings (SSSR count). The van der Waals surface area contributed by atoms with Crippen molar-refractivity contribution in [1.29, 1.82) is 0 Å². The van der Waals surface area contributed by atoms with E-state index in [1.165, 1.54) is 30.5 Å². The smallest absolute Gasteiger partial charge is 0.283 e. The largest absolute Gasteiger partial charge is 0.438 e. The van der Waals surface area contributed by atoms with Crippen LogP contribution in [0.3, 0.4) is 0 Å². The molecule has 24 heavy (non-hydrogen) atoms. The number of benzene rings is 1. The normalized spacial score (nSPS) is 10.9. The van der Waals surface area contributed by atoms with E-state index in [9.17, 15) is 13.2 Å². The predicted molar refractivity (Wildman–Crippen MR) is 76.6 cm³/mol. The Morgan fingerprint density at radius 2 is 2.04 bits per heavy atom. The highest BCUT2D eigenvalue weighted by Gasteiger charge is 2.21. The van der Waals surface area contributed by atoms with Crippen LogP contribution in [0.25, 0.3) is 11.3 Å². The minimum atomic E-state index is -2.83. The molecule has 1 aromatic carbocycles. The van der Waals surface area contributed by atoms with Gasteiger partial charge in [-0.05, 0) is 18.2 Å². The molecule has 0 radical (unpaired) electrons. The minimum absolute atomic E-state index is 0.0178. The third-order valence-corrected chi connectivity index (χ3v) is 3.05. The first-order valence-corrected chi connectivity index (χ1v) is 6.66. The minimum Gasteiger partial charge on any atom is -0.438 e. The molecule has 2 N–H and O–H groups in total. The molecule has 0 aliphatic heterocycles. The maximum Gasteiger partial charge on any atom is 0.283 e. The first kappa shape index (κ1) is 15.8. The SMILES string of the molecule is ONc1ccc(Oc2cccc(F)c2-c2cc(C(F)F)no2)nc1. The van der Waals surface area contributed by atoms with Crippen molar-refractivity contribution in [3.05, 3.63) is 54.1 Å². The number of hydrogen-bond acceptors (Lipinski definition) is 6. The van der Waals surface area contributed by atoms with Gasteiger partial charge >= 0.3 is 0 Å². The van der Waals surface area contributed by atoms with E-state index in [1.807, 2.05) is 5.48 Å². The molecule has 0 saturated heterocycles. The van der Waals surface area contributed by atoms with Crippen molar-refractivity contribution in [2.45, 2.75) is 6.43 Å². The van der Waals surface area contributed by atoms with Crippen LogP contribution in [-0.2, 0) is 0 Å². The Morgan fingerprint density at radius 3 is 2.67 bits per heavy atom. The molecular formula is C15H10F3N3O3. The monoisotopic (exact) mass is 337 g/mol. The fourth-order valence-corrected chi connectivity index (χ4v) is 1.96. The molecule has 2 heterocycles. The van der Waals surface area contributed by atoms with Crippen molar-refractivity contribution in [3.8, 4) is 23.0 Å². The van der Waals surface area contributed by atoms with Crippen molar-refractivity contribution < 1.29 is 27.6 Å². The Labute approximate surface area is 133 Å². The quantitative estimate of drug-likeness (QED) is 0.672. The first-order valence-electron chi connectivity index (χ1n) is 6.66. The van der Waals surface area contributed by atoms with Crippen molar-refractivity contribution in [2.24, 2.45) is 0 Å². The van der Waals surface area contributed by atoms with Crippen LogP contribution in [-0.4, -0.2) is 15.3 Å². The molecule has 0 spiro atoms. The Hall–Kier alpha value is -3.07. The van der Waals surface area contributed by atoms with Crippen LogP contribution < -0.4 is 10.2 Å². The van der Waals surface area contributed by atoms with Crippen LogP contribution >= 0.6 is 0 Å². The van der Waals surface area contributed by atoms with Crippen molar-refractivity contribution >= 4 is 5.69 Å². The van der Waals surface area contributed by atoms with Gasteiger partial charge in [0.1, 0.15) is 17.3 Å². The molecule has 9 heteroatoms. The summed E-state index contributed by atoms with van der Waals surface area (Å²) in [6.45, 7) is 0. The zero-order chi connectivity index (χ0) is 17.1. The van der Waals surface area contributed by atoms with Gasteiger partial charge in [-0.1, -0.05) is 11.2 Å². The van der Waals surface area contributed by atoms with Crippen LogP contribution in [0, 0.1) is 5.82 Å². The summed E-state index contributed by atoms with van der Waals surface area (Å²) >= 11 is 0. The second kappa shape index (κ2) is 6.59. The summed E-state index contributed by atoms with van der Waals surface area (Å²) in [6, 6.07) is 7.81. The van der Waals surface area contributed by atoms with E-state index in [0.717, 1.165) is 12.1 Å². The number of alkyl halides is 2. The van der Waals surface area contributed by atoms with E-state index in [0.29, 0.717) is 5.69 Å². The van der Waals surface area contributed by atoms with Gasteiger partial charge in [-0.2, -0.15) is 0 Å². The highest BCUT2D eigenvalue weighted by molar-refractivity contribution is 5.67. The van der Waals surface area contributed by atoms with Gasteiger partial charge in [0.2, 0.25) is 5.88 Å². The summed E-state index contributed by atoms with van der Waals surface area (Å²) in [5.74, 6) is -0.788. The zero-order valence-electron chi connectivity index (χ0n) is 11.9. The number of pyridine rings is 1. The molecule has 124 valence electrons. The van der Waals surface area contributed by atoms with Crippen LogP contribution in [0.1, 0.15) is 12.1 Å². The van der Waals surface area contributed by atoms with Crippen LogP contribution in [0.5, 0.6) is 11.6 Å². The fourth-order valence-electron chi connectivity index (χ4n) is 1.96. The number of nitrogens with one attached hydrogen (secondary N) is 1. The highest BCUT2D eigenvalue weighted by Crippen LogP contribution is 2.36. The Balaban J connectivity index is 1.97. The number of rotatable bonds is 5. The molecule has 0 fully saturated rings. The highest BCUT2D eigenvalue weighted by atomic mass is 19.3. The number of hydrogen-bond donors (Lipinski definition) is 2. The third-order valence-electron chi connectivity index (χ3n) is 3.05. The third kappa shape index (κ3) is 3.15. The van der Waals surface area contributed by atoms with Gasteiger partial charge in [0, 0.05) is 12.1 Å². The second-order valence-corrected chi connectivity index (χ2v) is 4.63. The maximum absolute atomic E-state index is 14.1. The molecule has 0 aliphatic rings. The molecule has 2 aromatic heterocycles. The van der Waals surface area contributed by atoms with Crippen LogP contribution in [0.4, 0.5) is 18.9 Å². The summed E-state index contributed by atoms with van der Waals surface area (Å²) < 4.78 is 49.7. The molecule has 6 nitrogen and oxygen atoms in total. The fraction of sp³-hybridized carbons (Fsp3) is 0.0667. The number of nitrogens with zero attached hydrogens (tertiary/aromatic N) is 2. The summed E-state index contributed by atoms with van der Waals surface area (Å²) in [4.78, 5) is 3.91. The summed E-state index contributed by atoms with van der Waals surface area (Å²) in [5, 5.41) is 11.9. The summed E-state index contributed by atoms with van der Waals surface area (Å²) in [5.41, 5.74) is 1.49. The Kier molecular flexibility index (Phi) is 4.34. The van der Waals surface area contributed by atoms with E-state index in [1.54, 1.807) is 0 Å². The van der Waals surface area contributed by atoms with Gasteiger partial charge in [0.05, 0.1) is 17.4 Å². The van der Waals surface area contributed by atoms with E-state index in [4.69, 9.17) is 14.5 Å². The molecule has 0 bridgehead atoms. The van der Waals surface area contributed by atoms with Crippen molar-refractivity contribution in [1.82, 2.24) is 10.1 Å². The number of ether oxygens (including phenoxy) is 1. The van der Waals surface area contributed by atoms with Crippen LogP contribution in [0.2, 0.25) is 0 Å². The zero-order valence-corrected chi connectivity index (χ0v) is 11.9. The average molecular weight is 337 g/mol.